The fourth-order valence-corrected chi connectivity index (χ4v) is 0.720. The molecule has 0 heterocycles. The zero-order valence-corrected chi connectivity index (χ0v) is 8.12. The lowest BCUT2D eigenvalue weighted by molar-refractivity contribution is -0.167. The predicted octanol–water partition coefficient (Wildman–Crippen LogP) is 0.787. The van der Waals surface area contributed by atoms with E-state index < -0.39 is 11.9 Å². The van der Waals surface area contributed by atoms with Crippen LogP contribution in [-0.2, 0) is 19.1 Å². The van der Waals surface area contributed by atoms with Gasteiger partial charge in [-0.25, -0.2) is 9.59 Å². The number of rotatable bonds is 5. The highest BCUT2D eigenvalue weighted by atomic mass is 16.6. The molecule has 0 radical (unpaired) electrons. The molecular weight excluding hydrogens is 186 g/mol. The Kier molecular flexibility index (Phi) is 7.15. The Bertz CT molecular complexity index is 231. The average molecular weight is 199 g/mol. The van der Waals surface area contributed by atoms with Gasteiger partial charge in [0, 0.05) is 6.42 Å². The van der Waals surface area contributed by atoms with Crippen molar-refractivity contribution in [2.75, 3.05) is 13.2 Å². The molecule has 0 rings (SSSR count). The van der Waals surface area contributed by atoms with Crippen molar-refractivity contribution in [3.63, 3.8) is 0 Å². The summed E-state index contributed by atoms with van der Waals surface area (Å²) in [6.07, 6.45) is 1.67. The van der Waals surface area contributed by atoms with Crippen LogP contribution in [0.1, 0.15) is 26.2 Å². The van der Waals surface area contributed by atoms with Crippen LogP contribution in [0.4, 0.5) is 0 Å². The first-order valence-electron chi connectivity index (χ1n) is 4.43. The smallest absolute Gasteiger partial charge is 0.417 e. The summed E-state index contributed by atoms with van der Waals surface area (Å²) >= 11 is 0. The molecule has 0 aliphatic rings. The highest BCUT2D eigenvalue weighted by molar-refractivity contribution is 6.29. The van der Waals surface area contributed by atoms with E-state index in [1.165, 1.54) is 0 Å². The molecule has 0 bridgehead atoms. The maximum atomic E-state index is 10.8. The maximum absolute atomic E-state index is 10.8. The van der Waals surface area contributed by atoms with Crippen LogP contribution < -0.4 is 0 Å². The molecule has 0 unspecified atom stereocenters. The SMILES string of the molecule is CCOC(=O)C(=O)OCCCCC#N. The number of hydrogen-bond acceptors (Lipinski definition) is 5. The second kappa shape index (κ2) is 8.05. The summed E-state index contributed by atoms with van der Waals surface area (Å²) in [6, 6.07) is 1.97. The van der Waals surface area contributed by atoms with Gasteiger partial charge in [0.25, 0.3) is 0 Å². The lowest BCUT2D eigenvalue weighted by atomic mass is 10.3. The van der Waals surface area contributed by atoms with Crippen molar-refractivity contribution in [2.45, 2.75) is 26.2 Å². The van der Waals surface area contributed by atoms with Crippen molar-refractivity contribution in [3.05, 3.63) is 0 Å². The Morgan fingerprint density at radius 2 is 1.86 bits per heavy atom. The third-order valence-electron chi connectivity index (χ3n) is 1.36. The van der Waals surface area contributed by atoms with Gasteiger partial charge in [0.15, 0.2) is 0 Å². The van der Waals surface area contributed by atoms with Gasteiger partial charge < -0.3 is 9.47 Å². The Labute approximate surface area is 82.6 Å². The van der Waals surface area contributed by atoms with E-state index in [9.17, 15) is 9.59 Å². The fourth-order valence-electron chi connectivity index (χ4n) is 0.720. The molecular formula is C9H13NO4. The summed E-state index contributed by atoms with van der Waals surface area (Å²) in [5, 5.41) is 8.20. The average Bonchev–Trinajstić information content (AvgIpc) is 2.17. The van der Waals surface area contributed by atoms with Gasteiger partial charge in [-0.15, -0.1) is 0 Å². The highest BCUT2D eigenvalue weighted by Crippen LogP contribution is 1.95. The minimum absolute atomic E-state index is 0.152. The van der Waals surface area contributed by atoms with Crippen LogP contribution in [0.5, 0.6) is 0 Å². The van der Waals surface area contributed by atoms with Crippen molar-refractivity contribution < 1.29 is 19.1 Å². The summed E-state index contributed by atoms with van der Waals surface area (Å²) in [5.41, 5.74) is 0. The molecule has 0 saturated carbocycles. The monoisotopic (exact) mass is 199 g/mol. The molecule has 0 N–H and O–H groups in total. The minimum atomic E-state index is -0.969. The van der Waals surface area contributed by atoms with Crippen molar-refractivity contribution in [3.8, 4) is 6.07 Å². The molecule has 0 amide bonds. The normalized spacial score (nSPS) is 8.86. The molecule has 0 aliphatic carbocycles. The summed E-state index contributed by atoms with van der Waals surface area (Å²) in [4.78, 5) is 21.5. The molecule has 0 aromatic carbocycles. The molecule has 0 fully saturated rings. The Morgan fingerprint density at radius 3 is 2.43 bits per heavy atom. The first-order chi connectivity index (χ1) is 6.72. The number of esters is 2. The molecule has 0 atom stereocenters. The predicted molar refractivity (Wildman–Crippen MR) is 47.1 cm³/mol. The first kappa shape index (κ1) is 12.4. The molecule has 0 aromatic rings. The number of unbranched alkanes of at least 4 members (excludes halogenated alkanes) is 2. The van der Waals surface area contributed by atoms with E-state index in [1.54, 1.807) is 6.92 Å². The van der Waals surface area contributed by atoms with Crippen molar-refractivity contribution in [1.29, 1.82) is 5.26 Å². The van der Waals surface area contributed by atoms with Gasteiger partial charge in [-0.2, -0.15) is 5.26 Å². The van der Waals surface area contributed by atoms with Gasteiger partial charge in [0.05, 0.1) is 19.3 Å². The molecule has 78 valence electrons. The number of nitriles is 1. The number of carbonyl (C=O) groups excluding carboxylic acids is 2. The second-order valence-electron chi connectivity index (χ2n) is 2.47. The van der Waals surface area contributed by atoms with E-state index in [1.807, 2.05) is 6.07 Å². The fraction of sp³-hybridized carbons (Fsp3) is 0.667. The van der Waals surface area contributed by atoms with E-state index >= 15 is 0 Å². The lowest BCUT2D eigenvalue weighted by Gasteiger charge is -2.02. The van der Waals surface area contributed by atoms with Crippen LogP contribution in [0.15, 0.2) is 0 Å². The topological polar surface area (TPSA) is 76.4 Å². The van der Waals surface area contributed by atoms with Gasteiger partial charge in [-0.3, -0.25) is 0 Å². The van der Waals surface area contributed by atoms with Crippen molar-refractivity contribution in [2.24, 2.45) is 0 Å². The Hall–Kier alpha value is -1.57. The zero-order valence-electron chi connectivity index (χ0n) is 8.12. The summed E-state index contributed by atoms with van der Waals surface area (Å²) in [7, 11) is 0. The summed E-state index contributed by atoms with van der Waals surface area (Å²) < 4.78 is 9.00. The minimum Gasteiger partial charge on any atom is -0.458 e. The number of ether oxygens (including phenoxy) is 2. The maximum Gasteiger partial charge on any atom is 0.417 e. The van der Waals surface area contributed by atoms with E-state index in [0.29, 0.717) is 19.3 Å². The molecule has 0 aromatic heterocycles. The third kappa shape index (κ3) is 6.00. The van der Waals surface area contributed by atoms with E-state index in [4.69, 9.17) is 5.26 Å². The number of nitrogens with zero attached hydrogens (tertiary/aromatic N) is 1. The Balaban J connectivity index is 3.45. The van der Waals surface area contributed by atoms with Gasteiger partial charge >= 0.3 is 11.9 Å². The zero-order chi connectivity index (χ0) is 10.8. The molecule has 5 heteroatoms. The summed E-state index contributed by atoms with van der Waals surface area (Å²) in [5.74, 6) is -1.93. The standard InChI is InChI=1S/C9H13NO4/c1-2-13-8(11)9(12)14-7-5-3-4-6-10/h2-5,7H2,1H3. The van der Waals surface area contributed by atoms with Crippen LogP contribution in [-0.4, -0.2) is 25.2 Å². The van der Waals surface area contributed by atoms with Gasteiger partial charge in [-0.05, 0) is 19.8 Å². The summed E-state index contributed by atoms with van der Waals surface area (Å²) in [6.45, 7) is 1.92. The first-order valence-corrected chi connectivity index (χ1v) is 4.43. The Morgan fingerprint density at radius 1 is 1.21 bits per heavy atom. The van der Waals surface area contributed by atoms with Crippen LogP contribution in [0.3, 0.4) is 0 Å². The van der Waals surface area contributed by atoms with Gasteiger partial charge in [-0.1, -0.05) is 0 Å². The van der Waals surface area contributed by atoms with Crippen LogP contribution >= 0.6 is 0 Å². The van der Waals surface area contributed by atoms with Crippen LogP contribution in [0.2, 0.25) is 0 Å². The van der Waals surface area contributed by atoms with E-state index in [-0.39, 0.29) is 13.2 Å². The molecule has 14 heavy (non-hydrogen) atoms. The van der Waals surface area contributed by atoms with Crippen LogP contribution in [0, 0.1) is 11.3 Å². The van der Waals surface area contributed by atoms with Crippen molar-refractivity contribution in [1.82, 2.24) is 0 Å². The van der Waals surface area contributed by atoms with Gasteiger partial charge in [0.1, 0.15) is 0 Å². The molecule has 0 spiro atoms. The van der Waals surface area contributed by atoms with E-state index in [2.05, 4.69) is 9.47 Å². The quantitative estimate of drug-likeness (QED) is 0.371. The number of hydrogen-bond donors (Lipinski definition) is 0. The third-order valence-corrected chi connectivity index (χ3v) is 1.36. The highest BCUT2D eigenvalue weighted by Gasteiger charge is 2.15. The van der Waals surface area contributed by atoms with E-state index in [0.717, 1.165) is 0 Å². The van der Waals surface area contributed by atoms with Gasteiger partial charge in [0.2, 0.25) is 0 Å². The second-order valence-corrected chi connectivity index (χ2v) is 2.47. The molecule has 0 saturated heterocycles. The molecule has 5 nitrogen and oxygen atoms in total. The number of carbonyl (C=O) groups is 2. The molecule has 0 aliphatic heterocycles. The van der Waals surface area contributed by atoms with Crippen LogP contribution in [0.25, 0.3) is 0 Å². The lowest BCUT2D eigenvalue weighted by Crippen LogP contribution is -2.20. The van der Waals surface area contributed by atoms with Crippen molar-refractivity contribution >= 4 is 11.9 Å². The largest absolute Gasteiger partial charge is 0.458 e.